The van der Waals surface area contributed by atoms with Gasteiger partial charge in [-0.25, -0.2) is 0 Å². The van der Waals surface area contributed by atoms with Crippen LogP contribution in [-0.4, -0.2) is 5.11 Å². The Labute approximate surface area is 72.4 Å². The number of phenolic OH excluding ortho intramolecular Hbond substituents is 1. The second-order valence-electron chi connectivity index (χ2n) is 2.37. The summed E-state index contributed by atoms with van der Waals surface area (Å²) in [4.78, 5) is 0. The van der Waals surface area contributed by atoms with Crippen LogP contribution in [0.25, 0.3) is 0 Å². The number of aryl methyl sites for hydroxylation is 1. The molecule has 0 heterocycles. The summed E-state index contributed by atoms with van der Waals surface area (Å²) < 4.78 is 0. The minimum Gasteiger partial charge on any atom is -1.00 e. The number of aromatic hydroxyl groups is 1. The predicted octanol–water partition coefficient (Wildman–Crippen LogP) is -2.55. The number of rotatable bonds is 1. The van der Waals surface area contributed by atoms with E-state index in [9.17, 15) is 0 Å². The van der Waals surface area contributed by atoms with E-state index in [0.717, 1.165) is 17.7 Å². The fourth-order valence-electron chi connectivity index (χ4n) is 0.873. The fraction of sp³-hybridized carbons (Fsp3) is 0.250. The second-order valence-corrected chi connectivity index (χ2v) is 2.37. The first kappa shape index (κ1) is 10.3. The van der Waals surface area contributed by atoms with Crippen molar-refractivity contribution in [1.29, 1.82) is 0 Å². The highest BCUT2D eigenvalue weighted by Gasteiger charge is 1.95. The Kier molecular flexibility index (Phi) is 3.93. The highest BCUT2D eigenvalue weighted by molar-refractivity contribution is 5.34. The summed E-state index contributed by atoms with van der Waals surface area (Å²) in [6.45, 7) is 2.66. The molecular weight excluding hydrogens is 162 g/mol. The van der Waals surface area contributed by atoms with Crippen LogP contribution in [0.2, 0.25) is 0 Å². The van der Waals surface area contributed by atoms with Crippen molar-refractivity contribution in [3.63, 3.8) is 0 Å². The second kappa shape index (κ2) is 4.21. The molecule has 62 valence electrons. The maximum absolute atomic E-state index is 9.12. The van der Waals surface area contributed by atoms with Crippen LogP contribution < -0.4 is 18.1 Å². The summed E-state index contributed by atoms with van der Waals surface area (Å²) in [5, 5.41) is 9.12. The molecule has 0 atom stereocenters. The molecule has 4 N–H and O–H groups in total. The quantitative estimate of drug-likeness (QED) is 0.483. The van der Waals surface area contributed by atoms with E-state index in [1.807, 2.05) is 19.1 Å². The Morgan fingerprint density at radius 3 is 2.55 bits per heavy atom. The van der Waals surface area contributed by atoms with Gasteiger partial charge >= 0.3 is 0 Å². The van der Waals surface area contributed by atoms with Crippen LogP contribution in [0.3, 0.4) is 0 Å². The molecule has 3 heteroatoms. The third kappa shape index (κ3) is 2.41. The van der Waals surface area contributed by atoms with Crippen LogP contribution in [0.5, 0.6) is 5.75 Å². The molecule has 0 saturated carbocycles. The number of hydrogen-bond donors (Lipinski definition) is 2. The van der Waals surface area contributed by atoms with Crippen LogP contribution in [0.4, 0.5) is 0 Å². The molecule has 0 spiro atoms. The van der Waals surface area contributed by atoms with Gasteiger partial charge in [-0.05, 0) is 30.7 Å². The zero-order chi connectivity index (χ0) is 7.56. The van der Waals surface area contributed by atoms with Gasteiger partial charge in [0.25, 0.3) is 0 Å². The molecule has 0 amide bonds. The molecule has 0 aliphatic rings. The largest absolute Gasteiger partial charge is 1.00 e. The Morgan fingerprint density at radius 1 is 1.45 bits per heavy atom. The van der Waals surface area contributed by atoms with Crippen molar-refractivity contribution in [3.8, 4) is 5.75 Å². The smallest absolute Gasteiger partial charge is 0.118 e. The van der Waals surface area contributed by atoms with Gasteiger partial charge in [-0.1, -0.05) is 0 Å². The monoisotopic (exact) mass is 173 g/mol. The highest BCUT2D eigenvalue weighted by Crippen LogP contribution is 2.15. The summed E-state index contributed by atoms with van der Waals surface area (Å²) >= 11 is 0. The van der Waals surface area contributed by atoms with Crippen LogP contribution in [0.15, 0.2) is 18.2 Å². The number of quaternary nitrogens is 1. The third-order valence-electron chi connectivity index (χ3n) is 1.55. The van der Waals surface area contributed by atoms with Gasteiger partial charge in [0.15, 0.2) is 0 Å². The molecule has 0 aliphatic carbocycles. The van der Waals surface area contributed by atoms with Gasteiger partial charge in [0.05, 0.1) is 6.54 Å². The first-order valence-corrected chi connectivity index (χ1v) is 3.32. The van der Waals surface area contributed by atoms with Crippen molar-refractivity contribution in [3.05, 3.63) is 29.3 Å². The lowest BCUT2D eigenvalue weighted by atomic mass is 10.1. The van der Waals surface area contributed by atoms with E-state index in [4.69, 9.17) is 5.11 Å². The van der Waals surface area contributed by atoms with Gasteiger partial charge in [-0.15, -0.1) is 0 Å². The lowest BCUT2D eigenvalue weighted by Gasteiger charge is -1.98. The van der Waals surface area contributed by atoms with Crippen molar-refractivity contribution >= 4 is 0 Å². The first-order chi connectivity index (χ1) is 4.74. The Hall–Kier alpha value is -0.730. The van der Waals surface area contributed by atoms with Crippen LogP contribution in [0, 0.1) is 6.92 Å². The standard InChI is InChI=1S/C8H11NO.ClH/c1-6-4-7(5-9)2-3-8(6)10;/h2-4,10H,5,9H2,1H3;1H. The molecular formula is C8H12ClNO. The van der Waals surface area contributed by atoms with Crippen LogP contribution in [0.1, 0.15) is 11.1 Å². The molecule has 0 saturated heterocycles. The SMILES string of the molecule is Cc1cc(C[NH3+])ccc1O.[Cl-]. The van der Waals surface area contributed by atoms with Crippen molar-refractivity contribution < 1.29 is 23.2 Å². The van der Waals surface area contributed by atoms with Crippen LogP contribution >= 0.6 is 0 Å². The Morgan fingerprint density at radius 2 is 2.09 bits per heavy atom. The topological polar surface area (TPSA) is 47.9 Å². The minimum absolute atomic E-state index is 0. The van der Waals surface area contributed by atoms with E-state index < -0.39 is 0 Å². The summed E-state index contributed by atoms with van der Waals surface area (Å²) in [7, 11) is 0. The molecule has 1 aromatic rings. The van der Waals surface area contributed by atoms with Gasteiger partial charge in [-0.2, -0.15) is 0 Å². The Bertz CT molecular complexity index is 238. The van der Waals surface area contributed by atoms with Gasteiger partial charge in [-0.3, -0.25) is 0 Å². The molecule has 0 radical (unpaired) electrons. The minimum atomic E-state index is 0. The van der Waals surface area contributed by atoms with Crippen molar-refractivity contribution in [2.75, 3.05) is 0 Å². The average Bonchev–Trinajstić information content (AvgIpc) is 1.95. The zero-order valence-electron chi connectivity index (χ0n) is 6.47. The summed E-state index contributed by atoms with van der Waals surface area (Å²) in [5.41, 5.74) is 5.83. The molecule has 0 fully saturated rings. The van der Waals surface area contributed by atoms with Gasteiger partial charge in [0.2, 0.25) is 0 Å². The lowest BCUT2D eigenvalue weighted by Crippen LogP contribution is -3.00. The molecule has 0 aliphatic heterocycles. The normalized spacial score (nSPS) is 8.91. The van der Waals surface area contributed by atoms with Crippen molar-refractivity contribution in [1.82, 2.24) is 0 Å². The van der Waals surface area contributed by atoms with E-state index in [2.05, 4.69) is 5.73 Å². The average molecular weight is 174 g/mol. The number of hydrogen-bond acceptors (Lipinski definition) is 1. The molecule has 1 rings (SSSR count). The third-order valence-corrected chi connectivity index (χ3v) is 1.55. The number of phenols is 1. The Balaban J connectivity index is 0.000001000. The number of halogens is 1. The first-order valence-electron chi connectivity index (χ1n) is 3.32. The van der Waals surface area contributed by atoms with E-state index in [1.165, 1.54) is 0 Å². The van der Waals surface area contributed by atoms with E-state index in [1.54, 1.807) is 6.07 Å². The van der Waals surface area contributed by atoms with E-state index >= 15 is 0 Å². The molecule has 1 aromatic carbocycles. The molecule has 0 aromatic heterocycles. The van der Waals surface area contributed by atoms with Crippen molar-refractivity contribution in [2.24, 2.45) is 0 Å². The fourth-order valence-corrected chi connectivity index (χ4v) is 0.873. The summed E-state index contributed by atoms with van der Waals surface area (Å²) in [6.07, 6.45) is 0. The van der Waals surface area contributed by atoms with E-state index in [-0.39, 0.29) is 12.4 Å². The van der Waals surface area contributed by atoms with Gasteiger partial charge in [0, 0.05) is 5.56 Å². The van der Waals surface area contributed by atoms with E-state index in [0.29, 0.717) is 5.75 Å². The molecule has 11 heavy (non-hydrogen) atoms. The predicted molar refractivity (Wildman–Crippen MR) is 39.4 cm³/mol. The summed E-state index contributed by atoms with van der Waals surface area (Å²) in [5.74, 6) is 0.359. The maximum atomic E-state index is 9.12. The molecule has 0 bridgehead atoms. The van der Waals surface area contributed by atoms with Gasteiger partial charge < -0.3 is 23.2 Å². The van der Waals surface area contributed by atoms with Gasteiger partial charge in [0.1, 0.15) is 5.75 Å². The highest BCUT2D eigenvalue weighted by atomic mass is 35.5. The number of benzene rings is 1. The maximum Gasteiger partial charge on any atom is 0.118 e. The van der Waals surface area contributed by atoms with Crippen LogP contribution in [-0.2, 0) is 6.54 Å². The molecule has 2 nitrogen and oxygen atoms in total. The lowest BCUT2D eigenvalue weighted by molar-refractivity contribution is -0.386. The summed E-state index contributed by atoms with van der Waals surface area (Å²) in [6, 6.07) is 5.54. The molecule has 0 unspecified atom stereocenters. The zero-order valence-corrected chi connectivity index (χ0v) is 7.23. The van der Waals surface area contributed by atoms with Crippen molar-refractivity contribution in [2.45, 2.75) is 13.5 Å².